The molecule has 1 N–H and O–H groups in total. The van der Waals surface area contributed by atoms with Crippen molar-refractivity contribution in [3.8, 4) is 0 Å². The van der Waals surface area contributed by atoms with Gasteiger partial charge in [-0.15, -0.1) is 0 Å². The highest BCUT2D eigenvalue weighted by Gasteiger charge is 2.49. The monoisotopic (exact) mass is 297 g/mol. The standard InChI is InChI=1S/C18H19NO3/c1-17(2)9-14-12(15(20)10-17)7-8-18(19-14)13-6-4-3-5-11(13)16(21)22-18/h3-6,19H,7-10H2,1-2H3. The molecule has 1 aliphatic carbocycles. The molecule has 0 radical (unpaired) electrons. The first kappa shape index (κ1) is 13.6. The number of nitrogens with one attached hydrogen (secondary N) is 1. The number of hydrogen-bond acceptors (Lipinski definition) is 4. The average molecular weight is 297 g/mol. The third-order valence-corrected chi connectivity index (χ3v) is 4.92. The van der Waals surface area contributed by atoms with E-state index in [0.29, 0.717) is 24.8 Å². The van der Waals surface area contributed by atoms with Crippen molar-refractivity contribution in [1.29, 1.82) is 0 Å². The van der Waals surface area contributed by atoms with Gasteiger partial charge in [0.2, 0.25) is 5.72 Å². The molecule has 0 bridgehead atoms. The lowest BCUT2D eigenvalue weighted by atomic mass is 9.72. The fraction of sp³-hybridized carbons (Fsp3) is 0.444. The van der Waals surface area contributed by atoms with Crippen LogP contribution in [0.3, 0.4) is 0 Å². The van der Waals surface area contributed by atoms with Gasteiger partial charge < -0.3 is 10.1 Å². The SMILES string of the molecule is CC1(C)CC(=O)C2=C(C1)NC1(CC2)OC(=O)c2ccccc21. The molecule has 0 fully saturated rings. The van der Waals surface area contributed by atoms with Crippen molar-refractivity contribution in [1.82, 2.24) is 5.32 Å². The summed E-state index contributed by atoms with van der Waals surface area (Å²) in [5.41, 5.74) is 2.52. The summed E-state index contributed by atoms with van der Waals surface area (Å²) in [5, 5.41) is 3.42. The summed E-state index contributed by atoms with van der Waals surface area (Å²) >= 11 is 0. The maximum Gasteiger partial charge on any atom is 0.341 e. The number of fused-ring (bicyclic) bond motifs is 2. The van der Waals surface area contributed by atoms with Crippen LogP contribution in [0.2, 0.25) is 0 Å². The molecule has 2 aliphatic heterocycles. The molecular formula is C18H19NO3. The van der Waals surface area contributed by atoms with Crippen LogP contribution in [0.4, 0.5) is 0 Å². The second-order valence-corrected chi connectivity index (χ2v) is 7.29. The van der Waals surface area contributed by atoms with Gasteiger partial charge >= 0.3 is 5.97 Å². The molecule has 1 aromatic rings. The third kappa shape index (κ3) is 1.83. The molecule has 4 heteroatoms. The largest absolute Gasteiger partial charge is 0.431 e. The molecule has 1 unspecified atom stereocenters. The quantitative estimate of drug-likeness (QED) is 0.748. The van der Waals surface area contributed by atoms with Crippen LogP contribution >= 0.6 is 0 Å². The van der Waals surface area contributed by atoms with Gasteiger partial charge in [0.25, 0.3) is 0 Å². The van der Waals surface area contributed by atoms with Gasteiger partial charge in [0.1, 0.15) is 0 Å². The van der Waals surface area contributed by atoms with Crippen LogP contribution in [0.5, 0.6) is 0 Å². The minimum absolute atomic E-state index is 0.0520. The molecule has 2 heterocycles. The van der Waals surface area contributed by atoms with E-state index in [1.807, 2.05) is 18.2 Å². The first-order valence-corrected chi connectivity index (χ1v) is 7.77. The van der Waals surface area contributed by atoms with Crippen LogP contribution in [0.15, 0.2) is 35.5 Å². The van der Waals surface area contributed by atoms with E-state index in [9.17, 15) is 9.59 Å². The van der Waals surface area contributed by atoms with Gasteiger partial charge in [0.05, 0.1) is 5.56 Å². The molecular weight excluding hydrogens is 278 g/mol. The smallest absolute Gasteiger partial charge is 0.341 e. The van der Waals surface area contributed by atoms with Gasteiger partial charge in [-0.05, 0) is 24.3 Å². The van der Waals surface area contributed by atoms with Crippen molar-refractivity contribution in [2.24, 2.45) is 5.41 Å². The van der Waals surface area contributed by atoms with Crippen molar-refractivity contribution >= 4 is 11.8 Å². The van der Waals surface area contributed by atoms with Gasteiger partial charge in [-0.1, -0.05) is 32.0 Å². The second-order valence-electron chi connectivity index (χ2n) is 7.29. The third-order valence-electron chi connectivity index (χ3n) is 4.92. The van der Waals surface area contributed by atoms with Gasteiger partial charge in [0, 0.05) is 29.7 Å². The first-order chi connectivity index (χ1) is 10.4. The lowest BCUT2D eigenvalue weighted by molar-refractivity contribution is -0.119. The number of esters is 1. The number of rotatable bonds is 0. The summed E-state index contributed by atoms with van der Waals surface area (Å²) in [6, 6.07) is 7.51. The van der Waals surface area contributed by atoms with Crippen LogP contribution in [-0.2, 0) is 15.3 Å². The molecule has 114 valence electrons. The highest BCUT2D eigenvalue weighted by Crippen LogP contribution is 2.47. The van der Waals surface area contributed by atoms with Gasteiger partial charge in [-0.3, -0.25) is 4.79 Å². The molecule has 0 saturated heterocycles. The molecule has 3 aliphatic rings. The summed E-state index contributed by atoms with van der Waals surface area (Å²) < 4.78 is 5.72. The Labute approximate surface area is 129 Å². The number of hydrogen-bond donors (Lipinski definition) is 1. The average Bonchev–Trinajstić information content (AvgIpc) is 2.70. The van der Waals surface area contributed by atoms with Crippen molar-refractivity contribution in [3.63, 3.8) is 0 Å². The molecule has 22 heavy (non-hydrogen) atoms. The Morgan fingerprint density at radius 3 is 2.73 bits per heavy atom. The van der Waals surface area contributed by atoms with Gasteiger partial charge in [-0.2, -0.15) is 0 Å². The van der Waals surface area contributed by atoms with Crippen molar-refractivity contribution in [3.05, 3.63) is 46.7 Å². The van der Waals surface area contributed by atoms with E-state index < -0.39 is 5.72 Å². The Kier molecular flexibility index (Phi) is 2.60. The summed E-state index contributed by atoms with van der Waals surface area (Å²) in [7, 11) is 0. The zero-order valence-electron chi connectivity index (χ0n) is 12.9. The molecule has 0 saturated carbocycles. The lowest BCUT2D eigenvalue weighted by Gasteiger charge is -2.42. The number of ketones is 1. The summed E-state index contributed by atoms with van der Waals surface area (Å²) in [6.45, 7) is 4.21. The van der Waals surface area contributed by atoms with Crippen molar-refractivity contribution in [2.75, 3.05) is 0 Å². The highest BCUT2D eigenvalue weighted by atomic mass is 16.6. The van der Waals surface area contributed by atoms with Crippen LogP contribution in [-0.4, -0.2) is 11.8 Å². The molecule has 4 rings (SSSR count). The van der Waals surface area contributed by atoms with Crippen LogP contribution in [0, 0.1) is 5.41 Å². The summed E-state index contributed by atoms with van der Waals surface area (Å²) in [5.74, 6) is -0.0558. The normalized spacial score (nSPS) is 29.0. The molecule has 4 nitrogen and oxygen atoms in total. The van der Waals surface area contributed by atoms with E-state index in [4.69, 9.17) is 4.74 Å². The maximum absolute atomic E-state index is 12.4. The van der Waals surface area contributed by atoms with E-state index in [1.54, 1.807) is 6.07 Å². The molecule has 0 aromatic heterocycles. The van der Waals surface area contributed by atoms with E-state index >= 15 is 0 Å². The first-order valence-electron chi connectivity index (χ1n) is 7.77. The Morgan fingerprint density at radius 1 is 1.14 bits per heavy atom. The number of ether oxygens (including phenoxy) is 1. The number of allylic oxidation sites excluding steroid dienone is 2. The zero-order valence-corrected chi connectivity index (χ0v) is 12.9. The van der Waals surface area contributed by atoms with Crippen LogP contribution in [0.1, 0.15) is 55.5 Å². The minimum Gasteiger partial charge on any atom is -0.431 e. The summed E-state index contributed by atoms with van der Waals surface area (Å²) in [4.78, 5) is 24.5. The summed E-state index contributed by atoms with van der Waals surface area (Å²) in [6.07, 6.45) is 2.69. The Morgan fingerprint density at radius 2 is 1.91 bits per heavy atom. The lowest BCUT2D eigenvalue weighted by Crippen LogP contribution is -2.48. The molecule has 0 amide bonds. The van der Waals surface area contributed by atoms with E-state index in [2.05, 4.69) is 19.2 Å². The minimum atomic E-state index is -0.791. The van der Waals surface area contributed by atoms with Crippen LogP contribution in [0.25, 0.3) is 0 Å². The van der Waals surface area contributed by atoms with Gasteiger partial charge in [0.15, 0.2) is 5.78 Å². The maximum atomic E-state index is 12.4. The van der Waals surface area contributed by atoms with Crippen molar-refractivity contribution in [2.45, 2.75) is 45.3 Å². The van der Waals surface area contributed by atoms with E-state index in [-0.39, 0.29) is 17.2 Å². The second kappa shape index (κ2) is 4.22. The van der Waals surface area contributed by atoms with Crippen molar-refractivity contribution < 1.29 is 14.3 Å². The molecule has 1 spiro atoms. The van der Waals surface area contributed by atoms with E-state index in [0.717, 1.165) is 23.3 Å². The highest BCUT2D eigenvalue weighted by molar-refractivity contribution is 5.98. The topological polar surface area (TPSA) is 55.4 Å². The number of benzene rings is 1. The predicted molar refractivity (Wildman–Crippen MR) is 81.0 cm³/mol. The number of Topliss-reactive ketones (excluding diaryl/α,β-unsaturated/α-hetero) is 1. The molecule has 1 aromatic carbocycles. The Bertz CT molecular complexity index is 732. The number of carbonyl (C=O) groups is 2. The molecule has 1 atom stereocenters. The fourth-order valence-electron chi connectivity index (χ4n) is 3.93. The fourth-order valence-corrected chi connectivity index (χ4v) is 3.93. The Balaban J connectivity index is 1.77. The Hall–Kier alpha value is -2.10. The zero-order chi connectivity index (χ0) is 15.5. The van der Waals surface area contributed by atoms with Gasteiger partial charge in [-0.25, -0.2) is 4.79 Å². The predicted octanol–water partition coefficient (Wildman–Crippen LogP) is 3.04. The number of carbonyl (C=O) groups excluding carboxylic acids is 2. The van der Waals surface area contributed by atoms with Crippen LogP contribution < -0.4 is 5.32 Å². The van der Waals surface area contributed by atoms with E-state index in [1.165, 1.54) is 0 Å².